The average Bonchev–Trinajstić information content (AvgIpc) is 2.45. The summed E-state index contributed by atoms with van der Waals surface area (Å²) in [5, 5.41) is 0. The Morgan fingerprint density at radius 1 is 1.14 bits per heavy atom. The van der Waals surface area contributed by atoms with Gasteiger partial charge < -0.3 is 10.5 Å². The van der Waals surface area contributed by atoms with E-state index in [1.807, 2.05) is 6.92 Å². The molecule has 0 aliphatic carbocycles. The van der Waals surface area contributed by atoms with Gasteiger partial charge in [0.15, 0.2) is 0 Å². The number of methoxy groups -OCH3 is 1. The van der Waals surface area contributed by atoms with E-state index in [0.717, 1.165) is 16.9 Å². The number of sulfonamides is 1. The summed E-state index contributed by atoms with van der Waals surface area (Å²) in [6, 6.07) is 12.1. The zero-order chi connectivity index (χ0) is 15.5. The number of nitrogens with one attached hydrogen (secondary N) is 1. The van der Waals surface area contributed by atoms with Crippen LogP contribution in [0.1, 0.15) is 11.1 Å². The van der Waals surface area contributed by atoms with Gasteiger partial charge in [-0.15, -0.1) is 0 Å². The van der Waals surface area contributed by atoms with Crippen molar-refractivity contribution in [1.29, 1.82) is 0 Å². The molecule has 0 aromatic heterocycles. The highest BCUT2D eigenvalue weighted by molar-refractivity contribution is 7.89. The first-order chi connectivity index (χ1) is 9.92. The fraction of sp³-hybridized carbons (Fsp3) is 0.200. The van der Waals surface area contributed by atoms with Crippen LogP contribution in [0.15, 0.2) is 47.4 Å². The van der Waals surface area contributed by atoms with Gasteiger partial charge in [-0.2, -0.15) is 0 Å². The Kier molecular flexibility index (Phi) is 4.50. The SMILES string of the molecule is COc1ccc(CNS(=O)(=O)c2ccc(C)cc2N)cc1. The first kappa shape index (κ1) is 15.3. The Balaban J connectivity index is 2.13. The molecule has 0 atom stereocenters. The third kappa shape index (κ3) is 3.74. The minimum absolute atomic E-state index is 0.0987. The van der Waals surface area contributed by atoms with Crippen molar-refractivity contribution in [2.75, 3.05) is 12.8 Å². The van der Waals surface area contributed by atoms with Crippen LogP contribution in [0.5, 0.6) is 5.75 Å². The number of ether oxygens (including phenoxy) is 1. The number of aryl methyl sites for hydroxylation is 1. The highest BCUT2D eigenvalue weighted by atomic mass is 32.2. The molecule has 112 valence electrons. The van der Waals surface area contributed by atoms with E-state index >= 15 is 0 Å². The van der Waals surface area contributed by atoms with Crippen molar-refractivity contribution in [3.63, 3.8) is 0 Å². The molecule has 0 saturated heterocycles. The topological polar surface area (TPSA) is 81.4 Å². The zero-order valence-corrected chi connectivity index (χ0v) is 12.8. The summed E-state index contributed by atoms with van der Waals surface area (Å²) in [5.41, 5.74) is 7.78. The largest absolute Gasteiger partial charge is 0.497 e. The predicted molar refractivity (Wildman–Crippen MR) is 82.6 cm³/mol. The predicted octanol–water partition coefficient (Wildman–Crippen LogP) is 2.06. The van der Waals surface area contributed by atoms with Crippen molar-refractivity contribution >= 4 is 15.7 Å². The third-order valence-corrected chi connectivity index (χ3v) is 4.56. The Bertz CT molecular complexity index is 725. The Morgan fingerprint density at radius 3 is 2.38 bits per heavy atom. The smallest absolute Gasteiger partial charge is 0.242 e. The highest BCUT2D eigenvalue weighted by Gasteiger charge is 2.16. The van der Waals surface area contributed by atoms with E-state index in [4.69, 9.17) is 10.5 Å². The van der Waals surface area contributed by atoms with Crippen LogP contribution in [0, 0.1) is 6.92 Å². The number of hydrogen-bond acceptors (Lipinski definition) is 4. The van der Waals surface area contributed by atoms with Crippen LogP contribution in [0.3, 0.4) is 0 Å². The monoisotopic (exact) mass is 306 g/mol. The maximum absolute atomic E-state index is 12.2. The van der Waals surface area contributed by atoms with Gasteiger partial charge in [-0.1, -0.05) is 18.2 Å². The summed E-state index contributed by atoms with van der Waals surface area (Å²) in [4.78, 5) is 0.0987. The number of anilines is 1. The standard InChI is InChI=1S/C15H18N2O3S/c1-11-3-8-15(14(16)9-11)21(18,19)17-10-12-4-6-13(20-2)7-5-12/h3-9,17H,10,16H2,1-2H3. The normalized spacial score (nSPS) is 11.3. The van der Waals surface area contributed by atoms with Gasteiger partial charge in [0.25, 0.3) is 0 Å². The minimum atomic E-state index is -3.63. The quantitative estimate of drug-likeness (QED) is 0.829. The molecule has 5 nitrogen and oxygen atoms in total. The summed E-state index contributed by atoms with van der Waals surface area (Å²) in [7, 11) is -2.05. The van der Waals surface area contributed by atoms with Gasteiger partial charge in [-0.05, 0) is 42.3 Å². The summed E-state index contributed by atoms with van der Waals surface area (Å²) in [6.45, 7) is 2.05. The Hall–Kier alpha value is -2.05. The second-order valence-corrected chi connectivity index (χ2v) is 6.45. The molecular formula is C15H18N2O3S. The lowest BCUT2D eigenvalue weighted by molar-refractivity contribution is 0.414. The first-order valence-corrected chi connectivity index (χ1v) is 7.89. The number of benzene rings is 2. The molecule has 0 aliphatic rings. The lowest BCUT2D eigenvalue weighted by Gasteiger charge is -2.10. The van der Waals surface area contributed by atoms with Crippen molar-refractivity contribution in [2.24, 2.45) is 0 Å². The maximum atomic E-state index is 12.2. The van der Waals surface area contributed by atoms with Crippen LogP contribution in [-0.4, -0.2) is 15.5 Å². The number of rotatable bonds is 5. The summed E-state index contributed by atoms with van der Waals surface area (Å²) < 4.78 is 32.1. The molecule has 0 saturated carbocycles. The summed E-state index contributed by atoms with van der Waals surface area (Å²) >= 11 is 0. The first-order valence-electron chi connectivity index (χ1n) is 6.41. The van der Waals surface area contributed by atoms with Crippen molar-refractivity contribution in [2.45, 2.75) is 18.4 Å². The van der Waals surface area contributed by atoms with Crippen molar-refractivity contribution in [3.8, 4) is 5.75 Å². The van der Waals surface area contributed by atoms with Crippen molar-refractivity contribution in [1.82, 2.24) is 4.72 Å². The lowest BCUT2D eigenvalue weighted by atomic mass is 10.2. The van der Waals surface area contributed by atoms with Crippen LogP contribution < -0.4 is 15.2 Å². The molecule has 21 heavy (non-hydrogen) atoms. The number of nitrogens with two attached hydrogens (primary N) is 1. The van der Waals surface area contributed by atoms with Crippen LogP contribution in [0.4, 0.5) is 5.69 Å². The molecule has 0 spiro atoms. The molecule has 0 heterocycles. The molecule has 2 rings (SSSR count). The Morgan fingerprint density at radius 2 is 1.81 bits per heavy atom. The van der Waals surface area contributed by atoms with Gasteiger partial charge in [-0.3, -0.25) is 0 Å². The van der Waals surface area contributed by atoms with E-state index in [9.17, 15) is 8.42 Å². The van der Waals surface area contributed by atoms with Crippen LogP contribution in [-0.2, 0) is 16.6 Å². The minimum Gasteiger partial charge on any atom is -0.497 e. The fourth-order valence-corrected chi connectivity index (χ4v) is 3.04. The average molecular weight is 306 g/mol. The Labute approximate surface area is 124 Å². The van der Waals surface area contributed by atoms with Crippen molar-refractivity contribution < 1.29 is 13.2 Å². The van der Waals surface area contributed by atoms with E-state index in [1.54, 1.807) is 43.5 Å². The fourth-order valence-electron chi connectivity index (χ4n) is 1.91. The maximum Gasteiger partial charge on any atom is 0.242 e. The number of hydrogen-bond donors (Lipinski definition) is 2. The number of nitrogen functional groups attached to an aromatic ring is 1. The second-order valence-electron chi connectivity index (χ2n) is 4.71. The molecule has 0 aliphatic heterocycles. The van der Waals surface area contributed by atoms with E-state index in [-0.39, 0.29) is 17.1 Å². The van der Waals surface area contributed by atoms with E-state index in [2.05, 4.69) is 4.72 Å². The van der Waals surface area contributed by atoms with E-state index in [0.29, 0.717) is 0 Å². The zero-order valence-electron chi connectivity index (χ0n) is 12.0. The molecule has 2 aromatic carbocycles. The van der Waals surface area contributed by atoms with Crippen LogP contribution >= 0.6 is 0 Å². The summed E-state index contributed by atoms with van der Waals surface area (Å²) in [5.74, 6) is 0.726. The lowest BCUT2D eigenvalue weighted by Crippen LogP contribution is -2.24. The van der Waals surface area contributed by atoms with Gasteiger partial charge in [0.1, 0.15) is 10.6 Å². The molecule has 3 N–H and O–H groups in total. The van der Waals surface area contributed by atoms with Gasteiger partial charge in [0, 0.05) is 6.54 Å². The molecule has 0 amide bonds. The second kappa shape index (κ2) is 6.15. The van der Waals surface area contributed by atoms with Gasteiger partial charge in [-0.25, -0.2) is 13.1 Å². The molecule has 2 aromatic rings. The molecular weight excluding hydrogens is 288 g/mol. The highest BCUT2D eigenvalue weighted by Crippen LogP contribution is 2.19. The molecule has 0 fully saturated rings. The van der Waals surface area contributed by atoms with E-state index < -0.39 is 10.0 Å². The van der Waals surface area contributed by atoms with Crippen LogP contribution in [0.25, 0.3) is 0 Å². The molecule has 0 unspecified atom stereocenters. The van der Waals surface area contributed by atoms with Gasteiger partial charge in [0.2, 0.25) is 10.0 Å². The van der Waals surface area contributed by atoms with Gasteiger partial charge >= 0.3 is 0 Å². The van der Waals surface area contributed by atoms with Gasteiger partial charge in [0.05, 0.1) is 12.8 Å². The summed E-state index contributed by atoms with van der Waals surface area (Å²) in [6.07, 6.45) is 0. The molecule has 6 heteroatoms. The van der Waals surface area contributed by atoms with E-state index in [1.165, 1.54) is 6.07 Å². The van der Waals surface area contributed by atoms with Crippen LogP contribution in [0.2, 0.25) is 0 Å². The molecule has 0 radical (unpaired) electrons. The van der Waals surface area contributed by atoms with Crippen molar-refractivity contribution in [3.05, 3.63) is 53.6 Å². The molecule has 0 bridgehead atoms. The third-order valence-electron chi connectivity index (χ3n) is 3.08.